The average molecular weight is 338 g/mol. The lowest BCUT2D eigenvalue weighted by Gasteiger charge is -2.29. The van der Waals surface area contributed by atoms with Crippen LogP contribution in [0.2, 0.25) is 0 Å². The van der Waals surface area contributed by atoms with Gasteiger partial charge in [0, 0.05) is 11.7 Å². The lowest BCUT2D eigenvalue weighted by Crippen LogP contribution is -2.42. The van der Waals surface area contributed by atoms with E-state index in [2.05, 4.69) is 17.6 Å². The van der Waals surface area contributed by atoms with Gasteiger partial charge >= 0.3 is 0 Å². The van der Waals surface area contributed by atoms with E-state index in [1.165, 1.54) is 48.9 Å². The summed E-state index contributed by atoms with van der Waals surface area (Å²) in [7, 11) is 0. The fraction of sp³-hybridized carbons (Fsp3) is 0.529. The van der Waals surface area contributed by atoms with Crippen LogP contribution >= 0.6 is 11.8 Å². The SMILES string of the molecule is CC1CCCCC1NC(=O)CSCC(=O)Nc1ccc(F)cc1. The third kappa shape index (κ3) is 6.22. The van der Waals surface area contributed by atoms with Gasteiger partial charge < -0.3 is 10.6 Å². The van der Waals surface area contributed by atoms with Crippen molar-refractivity contribution in [2.45, 2.75) is 38.6 Å². The van der Waals surface area contributed by atoms with Crippen LogP contribution in [0.3, 0.4) is 0 Å². The summed E-state index contributed by atoms with van der Waals surface area (Å²) in [5.74, 6) is 0.458. The van der Waals surface area contributed by atoms with Crippen molar-refractivity contribution in [1.82, 2.24) is 5.32 Å². The van der Waals surface area contributed by atoms with Crippen molar-refractivity contribution in [1.29, 1.82) is 0 Å². The van der Waals surface area contributed by atoms with E-state index in [0.29, 0.717) is 11.6 Å². The van der Waals surface area contributed by atoms with Gasteiger partial charge in [0.1, 0.15) is 5.82 Å². The van der Waals surface area contributed by atoms with Gasteiger partial charge in [0.25, 0.3) is 0 Å². The van der Waals surface area contributed by atoms with E-state index < -0.39 is 0 Å². The Labute approximate surface area is 140 Å². The Hall–Kier alpha value is -1.56. The number of thioether (sulfide) groups is 1. The highest BCUT2D eigenvalue weighted by atomic mass is 32.2. The zero-order valence-electron chi connectivity index (χ0n) is 13.3. The lowest BCUT2D eigenvalue weighted by molar-refractivity contribution is -0.119. The molecule has 2 unspecified atom stereocenters. The smallest absolute Gasteiger partial charge is 0.234 e. The number of nitrogens with one attached hydrogen (secondary N) is 2. The van der Waals surface area contributed by atoms with Crippen molar-refractivity contribution in [3.63, 3.8) is 0 Å². The van der Waals surface area contributed by atoms with Crippen LogP contribution in [-0.2, 0) is 9.59 Å². The molecule has 0 aromatic heterocycles. The Balaban J connectivity index is 1.64. The molecule has 2 amide bonds. The molecule has 1 saturated carbocycles. The first-order chi connectivity index (χ1) is 11.0. The molecule has 1 fully saturated rings. The second kappa shape index (κ2) is 8.91. The van der Waals surface area contributed by atoms with Crippen molar-refractivity contribution in [2.24, 2.45) is 5.92 Å². The van der Waals surface area contributed by atoms with E-state index in [-0.39, 0.29) is 35.2 Å². The number of rotatable bonds is 6. The molecule has 0 heterocycles. The summed E-state index contributed by atoms with van der Waals surface area (Å²) in [5.41, 5.74) is 0.553. The van der Waals surface area contributed by atoms with E-state index in [4.69, 9.17) is 0 Å². The van der Waals surface area contributed by atoms with Gasteiger partial charge in [0.15, 0.2) is 0 Å². The Morgan fingerprint density at radius 1 is 1.13 bits per heavy atom. The number of carbonyl (C=O) groups excluding carboxylic acids is 2. The maximum absolute atomic E-state index is 12.8. The largest absolute Gasteiger partial charge is 0.352 e. The standard InChI is InChI=1S/C17H23FN2O2S/c1-12-4-2-3-5-15(12)20-17(22)11-23-10-16(21)19-14-8-6-13(18)7-9-14/h6-9,12,15H,2-5,10-11H2,1H3,(H,19,21)(H,20,22). The molecule has 0 radical (unpaired) electrons. The van der Waals surface area contributed by atoms with E-state index in [1.54, 1.807) is 0 Å². The second-order valence-corrected chi connectivity index (χ2v) is 6.97. The number of hydrogen-bond acceptors (Lipinski definition) is 3. The highest BCUT2D eigenvalue weighted by molar-refractivity contribution is 8.00. The molecule has 0 aliphatic heterocycles. The Bertz CT molecular complexity index is 536. The molecule has 6 heteroatoms. The summed E-state index contributed by atoms with van der Waals surface area (Å²) in [6, 6.07) is 5.87. The zero-order chi connectivity index (χ0) is 16.7. The van der Waals surface area contributed by atoms with E-state index in [1.807, 2.05) is 0 Å². The van der Waals surface area contributed by atoms with Crippen LogP contribution in [0.15, 0.2) is 24.3 Å². The van der Waals surface area contributed by atoms with Gasteiger partial charge in [0.05, 0.1) is 11.5 Å². The minimum Gasteiger partial charge on any atom is -0.352 e. The minimum atomic E-state index is -0.342. The predicted molar refractivity (Wildman–Crippen MR) is 91.9 cm³/mol. The molecule has 2 atom stereocenters. The molecule has 23 heavy (non-hydrogen) atoms. The Kier molecular flexibility index (Phi) is 6.89. The van der Waals surface area contributed by atoms with Crippen molar-refractivity contribution >= 4 is 29.3 Å². The summed E-state index contributed by atoms with van der Waals surface area (Å²) >= 11 is 1.28. The number of halogens is 1. The third-order valence-corrected chi connectivity index (χ3v) is 4.98. The molecule has 126 valence electrons. The number of amides is 2. The fourth-order valence-electron chi connectivity index (χ4n) is 2.75. The molecule has 1 aliphatic carbocycles. The molecule has 1 aromatic rings. The highest BCUT2D eigenvalue weighted by Crippen LogP contribution is 2.23. The molecule has 1 aromatic carbocycles. The molecule has 0 bridgehead atoms. The first-order valence-electron chi connectivity index (χ1n) is 7.97. The van der Waals surface area contributed by atoms with Gasteiger partial charge in [-0.05, 0) is 43.0 Å². The van der Waals surface area contributed by atoms with Crippen LogP contribution in [0.25, 0.3) is 0 Å². The summed E-state index contributed by atoms with van der Waals surface area (Å²) in [6.07, 6.45) is 4.62. The number of anilines is 1. The monoisotopic (exact) mass is 338 g/mol. The van der Waals surface area contributed by atoms with E-state index >= 15 is 0 Å². The Morgan fingerprint density at radius 3 is 2.48 bits per heavy atom. The Morgan fingerprint density at radius 2 is 1.78 bits per heavy atom. The molecule has 2 rings (SSSR count). The van der Waals surface area contributed by atoms with Crippen LogP contribution in [-0.4, -0.2) is 29.4 Å². The van der Waals surface area contributed by atoms with Crippen LogP contribution in [0.1, 0.15) is 32.6 Å². The predicted octanol–water partition coefficient (Wildman–Crippen LogP) is 3.19. The zero-order valence-corrected chi connectivity index (χ0v) is 14.1. The minimum absolute atomic E-state index is 0.0108. The van der Waals surface area contributed by atoms with E-state index in [0.717, 1.165) is 12.8 Å². The quantitative estimate of drug-likeness (QED) is 0.837. The third-order valence-electron chi connectivity index (χ3n) is 4.05. The van der Waals surface area contributed by atoms with Gasteiger partial charge in [-0.15, -0.1) is 11.8 Å². The topological polar surface area (TPSA) is 58.2 Å². The van der Waals surface area contributed by atoms with Gasteiger partial charge in [-0.3, -0.25) is 9.59 Å². The molecule has 4 nitrogen and oxygen atoms in total. The number of carbonyl (C=O) groups is 2. The van der Waals surface area contributed by atoms with Gasteiger partial charge in [-0.2, -0.15) is 0 Å². The van der Waals surface area contributed by atoms with Crippen molar-refractivity contribution in [3.8, 4) is 0 Å². The number of hydrogen-bond donors (Lipinski definition) is 2. The van der Waals surface area contributed by atoms with Crippen LogP contribution < -0.4 is 10.6 Å². The maximum atomic E-state index is 12.8. The second-order valence-electron chi connectivity index (χ2n) is 5.98. The first-order valence-corrected chi connectivity index (χ1v) is 9.12. The molecule has 0 spiro atoms. The van der Waals surface area contributed by atoms with Crippen molar-refractivity contribution in [2.75, 3.05) is 16.8 Å². The van der Waals surface area contributed by atoms with Crippen LogP contribution in [0.5, 0.6) is 0 Å². The van der Waals surface area contributed by atoms with Gasteiger partial charge in [-0.25, -0.2) is 4.39 Å². The summed E-state index contributed by atoms with van der Waals surface area (Å²) in [4.78, 5) is 23.7. The van der Waals surface area contributed by atoms with Crippen LogP contribution in [0, 0.1) is 11.7 Å². The van der Waals surface area contributed by atoms with Gasteiger partial charge in [0.2, 0.25) is 11.8 Å². The maximum Gasteiger partial charge on any atom is 0.234 e. The fourth-order valence-corrected chi connectivity index (χ4v) is 3.37. The van der Waals surface area contributed by atoms with Crippen LogP contribution in [0.4, 0.5) is 10.1 Å². The molecular formula is C17H23FN2O2S. The molecule has 2 N–H and O–H groups in total. The molecular weight excluding hydrogens is 315 g/mol. The highest BCUT2D eigenvalue weighted by Gasteiger charge is 2.22. The van der Waals surface area contributed by atoms with Crippen molar-refractivity contribution in [3.05, 3.63) is 30.1 Å². The summed E-state index contributed by atoms with van der Waals surface area (Å²) in [5, 5.41) is 5.74. The van der Waals surface area contributed by atoms with Crippen molar-refractivity contribution < 1.29 is 14.0 Å². The summed E-state index contributed by atoms with van der Waals surface area (Å²) < 4.78 is 12.8. The normalized spacial score (nSPS) is 20.8. The van der Waals surface area contributed by atoms with Gasteiger partial charge in [-0.1, -0.05) is 19.8 Å². The molecule has 0 saturated heterocycles. The summed E-state index contributed by atoms with van der Waals surface area (Å²) in [6.45, 7) is 2.17. The first kappa shape index (κ1) is 17.8. The lowest BCUT2D eigenvalue weighted by atomic mass is 9.86. The number of benzene rings is 1. The molecule has 1 aliphatic rings. The van der Waals surface area contributed by atoms with E-state index in [9.17, 15) is 14.0 Å². The average Bonchev–Trinajstić information content (AvgIpc) is 2.52.